The fourth-order valence-corrected chi connectivity index (χ4v) is 12.4. The molecular formula is C45H28N4Si. The maximum atomic E-state index is 10.8. The van der Waals surface area contributed by atoms with E-state index in [0.29, 0.717) is 22.4 Å². The lowest BCUT2D eigenvalue weighted by Gasteiger charge is -2.35. The number of aromatic nitrogens is 1. The van der Waals surface area contributed by atoms with Crippen molar-refractivity contribution in [2.45, 2.75) is 0 Å². The van der Waals surface area contributed by atoms with Gasteiger partial charge in [-0.25, -0.2) is 4.85 Å². The molecule has 1 aromatic heterocycles. The summed E-state index contributed by atoms with van der Waals surface area (Å²) in [7, 11) is -3.05. The lowest BCUT2D eigenvalue weighted by molar-refractivity contribution is 1.18. The van der Waals surface area contributed by atoms with E-state index in [4.69, 9.17) is 6.57 Å². The second kappa shape index (κ2) is 12.6. The average Bonchev–Trinajstić information content (AvgIpc) is 3.53. The summed E-state index contributed by atoms with van der Waals surface area (Å²) in [6.45, 7) is 8.55. The van der Waals surface area contributed by atoms with E-state index in [9.17, 15) is 10.5 Å². The summed E-state index contributed by atoms with van der Waals surface area (Å²) < 4.78 is 2.20. The Morgan fingerprint density at radius 1 is 0.540 bits per heavy atom. The lowest BCUT2D eigenvalue weighted by Crippen LogP contribution is -2.74. The fourth-order valence-electron chi connectivity index (χ4n) is 7.48. The number of fused-ring (bicyclic) bond motifs is 3. The van der Waals surface area contributed by atoms with E-state index in [2.05, 4.69) is 119 Å². The van der Waals surface area contributed by atoms with Gasteiger partial charge in [-0.1, -0.05) is 127 Å². The molecule has 0 bridgehead atoms. The maximum absolute atomic E-state index is 10.8. The molecule has 0 aliphatic rings. The van der Waals surface area contributed by atoms with Gasteiger partial charge in [0.15, 0.2) is 13.8 Å². The van der Waals surface area contributed by atoms with Crippen molar-refractivity contribution < 1.29 is 0 Å². The Morgan fingerprint density at radius 3 is 1.74 bits per heavy atom. The third-order valence-corrected chi connectivity index (χ3v) is 14.4. The number of nitriles is 2. The molecule has 0 saturated carbocycles. The third-order valence-electron chi connectivity index (χ3n) is 9.62. The van der Waals surface area contributed by atoms with Crippen molar-refractivity contribution in [1.29, 1.82) is 10.5 Å². The van der Waals surface area contributed by atoms with Gasteiger partial charge in [-0.3, -0.25) is 0 Å². The molecule has 0 atom stereocenters. The Labute approximate surface area is 291 Å². The van der Waals surface area contributed by atoms with Gasteiger partial charge in [0, 0.05) is 16.5 Å². The fraction of sp³-hybridized carbons (Fsp3) is 0. The van der Waals surface area contributed by atoms with Gasteiger partial charge < -0.3 is 4.57 Å². The molecule has 0 aliphatic carbocycles. The van der Waals surface area contributed by atoms with Crippen LogP contribution in [0.1, 0.15) is 11.1 Å². The maximum Gasteiger partial charge on any atom is 0.188 e. The van der Waals surface area contributed by atoms with E-state index in [-0.39, 0.29) is 0 Å². The van der Waals surface area contributed by atoms with Crippen LogP contribution in [0.3, 0.4) is 0 Å². The SMILES string of the molecule is [C-]#[N+]c1cc(-c2cccc(-n3c4ccccc4c4cc(C#N)ccc43)c2)c(C#N)cc1[Si](c1ccccc1)(c1ccccc1)c1ccccc1. The highest BCUT2D eigenvalue weighted by atomic mass is 28.3. The third kappa shape index (κ3) is 4.80. The highest BCUT2D eigenvalue weighted by Crippen LogP contribution is 2.35. The van der Waals surface area contributed by atoms with Gasteiger partial charge in [0.25, 0.3) is 0 Å². The predicted octanol–water partition coefficient (Wildman–Crippen LogP) is 8.12. The Kier molecular flexibility index (Phi) is 7.63. The molecule has 0 saturated heterocycles. The topological polar surface area (TPSA) is 56.9 Å². The minimum atomic E-state index is -3.05. The smallest absolute Gasteiger partial charge is 0.188 e. The van der Waals surface area contributed by atoms with Crippen LogP contribution in [0, 0.1) is 29.2 Å². The first-order valence-electron chi connectivity index (χ1n) is 16.3. The van der Waals surface area contributed by atoms with Crippen LogP contribution in [0.15, 0.2) is 170 Å². The van der Waals surface area contributed by atoms with Gasteiger partial charge in [-0.05, 0) is 74.3 Å². The molecule has 5 heteroatoms. The Hall–Kier alpha value is -6.97. The van der Waals surface area contributed by atoms with Crippen LogP contribution < -0.4 is 20.7 Å². The number of rotatable bonds is 6. The predicted molar refractivity (Wildman–Crippen MR) is 206 cm³/mol. The van der Waals surface area contributed by atoms with Crippen LogP contribution in [0.5, 0.6) is 0 Å². The minimum absolute atomic E-state index is 0.519. The van der Waals surface area contributed by atoms with Crippen LogP contribution >= 0.6 is 0 Å². The van der Waals surface area contributed by atoms with Crippen LogP contribution in [0.4, 0.5) is 5.69 Å². The van der Waals surface area contributed by atoms with Crippen molar-refractivity contribution in [2.75, 3.05) is 0 Å². The molecule has 0 radical (unpaired) electrons. The second-order valence-electron chi connectivity index (χ2n) is 12.2. The summed E-state index contributed by atoms with van der Waals surface area (Å²) in [5, 5.41) is 26.8. The van der Waals surface area contributed by atoms with Crippen molar-refractivity contribution in [2.24, 2.45) is 0 Å². The zero-order valence-electron chi connectivity index (χ0n) is 27.0. The zero-order chi connectivity index (χ0) is 34.1. The van der Waals surface area contributed by atoms with E-state index < -0.39 is 8.07 Å². The molecule has 0 spiro atoms. The highest BCUT2D eigenvalue weighted by Gasteiger charge is 2.43. The normalized spacial score (nSPS) is 11.1. The summed E-state index contributed by atoms with van der Waals surface area (Å²) in [5.41, 5.74) is 6.17. The van der Waals surface area contributed by atoms with Crippen molar-refractivity contribution in [3.05, 3.63) is 192 Å². The van der Waals surface area contributed by atoms with Gasteiger partial charge in [0.05, 0.1) is 40.9 Å². The molecule has 0 N–H and O–H groups in total. The zero-order valence-corrected chi connectivity index (χ0v) is 28.0. The van der Waals surface area contributed by atoms with Crippen molar-refractivity contribution in [1.82, 2.24) is 4.57 Å². The summed E-state index contributed by atoms with van der Waals surface area (Å²) in [6, 6.07) is 62.2. The Morgan fingerprint density at radius 2 is 1.14 bits per heavy atom. The largest absolute Gasteiger partial charge is 0.309 e. The molecule has 1 heterocycles. The molecule has 8 aromatic rings. The van der Waals surface area contributed by atoms with E-state index >= 15 is 0 Å². The van der Waals surface area contributed by atoms with Crippen molar-refractivity contribution in [3.63, 3.8) is 0 Å². The van der Waals surface area contributed by atoms with Crippen LogP contribution in [-0.2, 0) is 0 Å². The monoisotopic (exact) mass is 652 g/mol. The second-order valence-corrected chi connectivity index (χ2v) is 16.0. The summed E-state index contributed by atoms with van der Waals surface area (Å²) in [4.78, 5) is 4.19. The van der Waals surface area contributed by atoms with Crippen LogP contribution in [-0.4, -0.2) is 12.6 Å². The van der Waals surface area contributed by atoms with Crippen molar-refractivity contribution in [3.8, 4) is 29.0 Å². The first-order valence-corrected chi connectivity index (χ1v) is 18.3. The first-order chi connectivity index (χ1) is 24.7. The molecule has 0 aliphatic heterocycles. The van der Waals surface area contributed by atoms with Crippen molar-refractivity contribution >= 4 is 56.3 Å². The minimum Gasteiger partial charge on any atom is -0.309 e. The molecule has 4 nitrogen and oxygen atoms in total. The number of para-hydroxylation sites is 1. The molecule has 232 valence electrons. The Bertz CT molecular complexity index is 2580. The van der Waals surface area contributed by atoms with Gasteiger partial charge >= 0.3 is 0 Å². The Balaban J connectivity index is 1.38. The van der Waals surface area contributed by atoms with Gasteiger partial charge in [-0.2, -0.15) is 10.5 Å². The number of hydrogen-bond acceptors (Lipinski definition) is 2. The van der Waals surface area contributed by atoms with Gasteiger partial charge in [-0.15, -0.1) is 0 Å². The van der Waals surface area contributed by atoms with E-state index in [1.165, 1.54) is 0 Å². The summed E-state index contributed by atoms with van der Waals surface area (Å²) in [6.07, 6.45) is 0. The molecule has 0 fully saturated rings. The highest BCUT2D eigenvalue weighted by molar-refractivity contribution is 7.20. The lowest BCUT2D eigenvalue weighted by atomic mass is 9.99. The molecular weight excluding hydrogens is 625 g/mol. The molecule has 8 rings (SSSR count). The van der Waals surface area contributed by atoms with E-state index in [1.807, 2.05) is 72.8 Å². The summed E-state index contributed by atoms with van der Waals surface area (Å²) >= 11 is 0. The van der Waals surface area contributed by atoms with E-state index in [1.54, 1.807) is 0 Å². The molecule has 50 heavy (non-hydrogen) atoms. The van der Waals surface area contributed by atoms with Gasteiger partial charge in [0.1, 0.15) is 0 Å². The van der Waals surface area contributed by atoms with Crippen LogP contribution in [0.2, 0.25) is 0 Å². The number of benzene rings is 7. The molecule has 0 unspecified atom stereocenters. The molecule has 7 aromatic carbocycles. The van der Waals surface area contributed by atoms with E-state index in [0.717, 1.165) is 53.8 Å². The number of nitrogens with zero attached hydrogens (tertiary/aromatic N) is 4. The number of hydrogen-bond donors (Lipinski definition) is 0. The average molecular weight is 653 g/mol. The summed E-state index contributed by atoms with van der Waals surface area (Å²) in [5.74, 6) is 0. The first kappa shape index (κ1) is 30.4. The quantitative estimate of drug-likeness (QED) is 0.104. The van der Waals surface area contributed by atoms with Crippen LogP contribution in [0.25, 0.3) is 43.5 Å². The molecule has 0 amide bonds. The standard InChI is InChI=1S/C45H28N4Si/c1-48-42-29-40(33-14-13-15-35(27-33)49-43-23-12-11-22-39(43)41-26-32(30-46)24-25-44(41)49)34(31-47)28-45(42)50(36-16-5-2-6-17-36,37-18-7-3-8-19-37)38-20-9-4-10-21-38/h2-29H. The van der Waals surface area contributed by atoms with Gasteiger partial charge in [0.2, 0.25) is 0 Å².